The van der Waals surface area contributed by atoms with Gasteiger partial charge in [0.05, 0.1) is 13.0 Å². The zero-order valence-corrected chi connectivity index (χ0v) is 22.0. The molecule has 0 aliphatic carbocycles. The van der Waals surface area contributed by atoms with Crippen LogP contribution < -0.4 is 5.56 Å². The molecule has 0 unspecified atom stereocenters. The Hall–Kier alpha value is -4.14. The van der Waals surface area contributed by atoms with E-state index in [1.165, 1.54) is 0 Å². The number of rotatable bonds is 9. The number of aryl methyl sites for hydroxylation is 2. The third kappa shape index (κ3) is 5.41. The lowest BCUT2D eigenvalue weighted by molar-refractivity contribution is -0.129. The highest BCUT2D eigenvalue weighted by atomic mass is 16.2. The summed E-state index contributed by atoms with van der Waals surface area (Å²) in [6.07, 6.45) is 4.85. The number of nitrogens with zero attached hydrogens (tertiary/aromatic N) is 6. The van der Waals surface area contributed by atoms with Gasteiger partial charge in [-0.05, 0) is 53.3 Å². The average Bonchev–Trinajstić information content (AvgIpc) is 3.67. The molecule has 9 heteroatoms. The number of hydrogen-bond donors (Lipinski definition) is 1. The van der Waals surface area contributed by atoms with Crippen LogP contribution in [0.3, 0.4) is 0 Å². The number of hydrogen-bond acceptors (Lipinski definition) is 6. The minimum Gasteiger partial charge on any atom is -0.342 e. The molecule has 1 aliphatic rings. The molecule has 0 radical (unpaired) electrons. The van der Waals surface area contributed by atoms with Gasteiger partial charge in [-0.15, -0.1) is 5.10 Å². The molecule has 1 fully saturated rings. The molecule has 1 amide bonds. The summed E-state index contributed by atoms with van der Waals surface area (Å²) >= 11 is 0. The van der Waals surface area contributed by atoms with Gasteiger partial charge in [0.1, 0.15) is 5.82 Å². The number of unbranched alkanes of at least 4 members (excludes halogenated alkanes) is 1. The number of tetrazole rings is 1. The topological polar surface area (TPSA) is 110 Å². The number of benzene rings is 2. The molecule has 1 N–H and O–H groups in total. The number of likely N-dealkylation sites (tertiary alicyclic amines) is 1. The van der Waals surface area contributed by atoms with E-state index in [1.807, 2.05) is 60.4 Å². The maximum absolute atomic E-state index is 13.7. The van der Waals surface area contributed by atoms with Gasteiger partial charge in [-0.1, -0.05) is 61.9 Å². The highest BCUT2D eigenvalue weighted by Crippen LogP contribution is 2.29. The highest BCUT2D eigenvalue weighted by Gasteiger charge is 2.22. The number of amides is 1. The molecule has 2 aromatic heterocycles. The monoisotopic (exact) mass is 511 g/mol. The molecule has 0 bridgehead atoms. The predicted molar refractivity (Wildman–Crippen MR) is 146 cm³/mol. The maximum atomic E-state index is 13.7. The molecule has 196 valence electrons. The number of carbonyl (C=O) groups excluding carboxylic acids is 1. The SMILES string of the molecule is CCCCc1nc(C)c(CC(=O)N2CCCC2)c(=O)n1Cc1ccc(-c2ccccc2-c2nnn[nH]2)cc1. The number of H-pyrrole nitrogens is 1. The summed E-state index contributed by atoms with van der Waals surface area (Å²) in [6, 6.07) is 16.1. The van der Waals surface area contributed by atoms with E-state index < -0.39 is 0 Å². The van der Waals surface area contributed by atoms with E-state index in [1.54, 1.807) is 4.57 Å². The minimum absolute atomic E-state index is 0.0160. The normalized spacial score (nSPS) is 13.3. The number of aromatic nitrogens is 6. The molecular weight excluding hydrogens is 478 g/mol. The first-order valence-corrected chi connectivity index (χ1v) is 13.3. The second kappa shape index (κ2) is 11.5. The van der Waals surface area contributed by atoms with Gasteiger partial charge in [0.25, 0.3) is 5.56 Å². The van der Waals surface area contributed by atoms with E-state index in [2.05, 4.69) is 27.5 Å². The van der Waals surface area contributed by atoms with Crippen LogP contribution >= 0.6 is 0 Å². The zero-order chi connectivity index (χ0) is 26.5. The predicted octanol–water partition coefficient (Wildman–Crippen LogP) is 3.95. The molecule has 38 heavy (non-hydrogen) atoms. The van der Waals surface area contributed by atoms with Crippen molar-refractivity contribution >= 4 is 5.91 Å². The van der Waals surface area contributed by atoms with Crippen LogP contribution in [0.4, 0.5) is 0 Å². The Bertz CT molecular complexity index is 1450. The Balaban J connectivity index is 1.44. The lowest BCUT2D eigenvalue weighted by Crippen LogP contribution is -2.35. The average molecular weight is 512 g/mol. The first-order valence-electron chi connectivity index (χ1n) is 13.3. The Morgan fingerprint density at radius 3 is 2.45 bits per heavy atom. The van der Waals surface area contributed by atoms with Crippen molar-refractivity contribution in [2.24, 2.45) is 0 Å². The second-order valence-corrected chi connectivity index (χ2v) is 9.84. The van der Waals surface area contributed by atoms with Crippen LogP contribution in [0, 0.1) is 6.92 Å². The highest BCUT2D eigenvalue weighted by molar-refractivity contribution is 5.80. The number of aromatic amines is 1. The van der Waals surface area contributed by atoms with Gasteiger partial charge in [-0.25, -0.2) is 10.1 Å². The van der Waals surface area contributed by atoms with Gasteiger partial charge in [-0.2, -0.15) is 0 Å². The first kappa shape index (κ1) is 25.5. The van der Waals surface area contributed by atoms with Crippen LogP contribution in [0.1, 0.15) is 55.3 Å². The third-order valence-corrected chi connectivity index (χ3v) is 7.22. The summed E-state index contributed by atoms with van der Waals surface area (Å²) < 4.78 is 1.76. The second-order valence-electron chi connectivity index (χ2n) is 9.84. The molecule has 2 aromatic carbocycles. The van der Waals surface area contributed by atoms with Gasteiger partial charge >= 0.3 is 0 Å². The summed E-state index contributed by atoms with van der Waals surface area (Å²) in [5.74, 6) is 1.40. The third-order valence-electron chi connectivity index (χ3n) is 7.22. The fourth-order valence-electron chi connectivity index (χ4n) is 5.07. The summed E-state index contributed by atoms with van der Waals surface area (Å²) in [5, 5.41) is 14.3. The molecule has 1 saturated heterocycles. The van der Waals surface area contributed by atoms with Crippen molar-refractivity contribution in [2.75, 3.05) is 13.1 Å². The standard InChI is InChI=1S/C29H33N7O2/c1-3-4-11-26-30-20(2)25(18-27(37)35-16-7-8-17-35)29(38)36(26)19-21-12-14-22(15-13-21)23-9-5-6-10-24(23)28-31-33-34-32-28/h5-6,9-10,12-15H,3-4,7-8,11,16-19H2,1-2H3,(H,31,32,33,34). The largest absolute Gasteiger partial charge is 0.342 e. The lowest BCUT2D eigenvalue weighted by atomic mass is 9.98. The van der Waals surface area contributed by atoms with Crippen LogP contribution in [0.25, 0.3) is 22.5 Å². The van der Waals surface area contributed by atoms with Crippen LogP contribution in [0.5, 0.6) is 0 Å². The summed E-state index contributed by atoms with van der Waals surface area (Å²) in [7, 11) is 0. The Kier molecular flexibility index (Phi) is 7.72. The van der Waals surface area contributed by atoms with Crippen molar-refractivity contribution in [3.8, 4) is 22.5 Å². The van der Waals surface area contributed by atoms with Crippen LogP contribution in [0.15, 0.2) is 53.3 Å². The maximum Gasteiger partial charge on any atom is 0.257 e. The fraction of sp³-hybridized carbons (Fsp3) is 0.379. The number of nitrogens with one attached hydrogen (secondary N) is 1. The summed E-state index contributed by atoms with van der Waals surface area (Å²) in [5.41, 5.74) is 5.01. The van der Waals surface area contributed by atoms with Gasteiger partial charge in [-0.3, -0.25) is 14.2 Å². The summed E-state index contributed by atoms with van der Waals surface area (Å²) in [4.78, 5) is 33.3. The van der Waals surface area contributed by atoms with Gasteiger partial charge in [0.15, 0.2) is 5.82 Å². The van der Waals surface area contributed by atoms with E-state index in [0.29, 0.717) is 23.6 Å². The van der Waals surface area contributed by atoms with Crippen molar-refractivity contribution < 1.29 is 4.79 Å². The smallest absolute Gasteiger partial charge is 0.257 e. The first-order chi connectivity index (χ1) is 18.5. The van der Waals surface area contributed by atoms with Crippen LogP contribution in [0.2, 0.25) is 0 Å². The molecule has 4 aromatic rings. The molecule has 3 heterocycles. The van der Waals surface area contributed by atoms with Crippen molar-refractivity contribution in [3.63, 3.8) is 0 Å². The van der Waals surface area contributed by atoms with E-state index in [-0.39, 0.29) is 17.9 Å². The Morgan fingerprint density at radius 1 is 1.03 bits per heavy atom. The molecule has 1 aliphatic heterocycles. The van der Waals surface area contributed by atoms with E-state index in [9.17, 15) is 9.59 Å². The Labute approximate surface area is 221 Å². The van der Waals surface area contributed by atoms with E-state index >= 15 is 0 Å². The van der Waals surface area contributed by atoms with E-state index in [0.717, 1.165) is 73.3 Å². The molecule has 9 nitrogen and oxygen atoms in total. The van der Waals surface area contributed by atoms with Crippen molar-refractivity contribution in [1.29, 1.82) is 0 Å². The number of carbonyl (C=O) groups is 1. The minimum atomic E-state index is -0.108. The molecule has 5 rings (SSSR count). The fourth-order valence-corrected chi connectivity index (χ4v) is 5.07. The van der Waals surface area contributed by atoms with Crippen molar-refractivity contribution in [1.82, 2.24) is 35.1 Å². The van der Waals surface area contributed by atoms with Gasteiger partial charge in [0, 0.05) is 36.3 Å². The van der Waals surface area contributed by atoms with Crippen molar-refractivity contribution in [3.05, 3.63) is 81.5 Å². The molecular formula is C29H33N7O2. The lowest BCUT2D eigenvalue weighted by Gasteiger charge is -2.18. The molecule has 0 saturated carbocycles. The zero-order valence-electron chi connectivity index (χ0n) is 22.0. The quantitative estimate of drug-likeness (QED) is 0.364. The van der Waals surface area contributed by atoms with Crippen LogP contribution in [-0.2, 0) is 24.2 Å². The van der Waals surface area contributed by atoms with Gasteiger partial charge < -0.3 is 4.90 Å². The Morgan fingerprint density at radius 2 is 1.76 bits per heavy atom. The molecule has 0 spiro atoms. The van der Waals surface area contributed by atoms with Crippen LogP contribution in [-0.4, -0.2) is 54.1 Å². The van der Waals surface area contributed by atoms with Crippen molar-refractivity contribution in [2.45, 2.75) is 58.9 Å². The molecule has 0 atom stereocenters. The van der Waals surface area contributed by atoms with Gasteiger partial charge in [0.2, 0.25) is 5.91 Å². The van der Waals surface area contributed by atoms with E-state index in [4.69, 9.17) is 4.98 Å². The summed E-state index contributed by atoms with van der Waals surface area (Å²) in [6.45, 7) is 5.94.